The van der Waals surface area contributed by atoms with Crippen molar-refractivity contribution in [3.05, 3.63) is 57.9 Å². The van der Waals surface area contributed by atoms with Crippen LogP contribution in [-0.4, -0.2) is 40.1 Å². The normalized spacial score (nSPS) is 15.7. The summed E-state index contributed by atoms with van der Waals surface area (Å²) >= 11 is 1.22. The Morgan fingerprint density at radius 3 is 2.50 bits per heavy atom. The highest BCUT2D eigenvalue weighted by molar-refractivity contribution is 7.91. The van der Waals surface area contributed by atoms with Gasteiger partial charge < -0.3 is 15.3 Å². The van der Waals surface area contributed by atoms with Crippen LogP contribution in [0.4, 0.5) is 24.3 Å². The number of aliphatic hydroxyl groups excluding tert-OH is 1. The maximum absolute atomic E-state index is 13.5. The second-order valence-electron chi connectivity index (χ2n) is 9.12. The lowest BCUT2D eigenvalue weighted by Crippen LogP contribution is -2.29. The molecule has 2 N–H and O–H groups in total. The number of thiazole rings is 1. The first-order chi connectivity index (χ1) is 17.8. The Balaban J connectivity index is 1.50. The number of fused-ring (bicyclic) bond motifs is 1. The number of alkyl halides is 3. The Kier molecular flexibility index (Phi) is 7.77. The molecule has 9 nitrogen and oxygen atoms in total. The van der Waals surface area contributed by atoms with Gasteiger partial charge in [0, 0.05) is 11.8 Å². The van der Waals surface area contributed by atoms with Crippen LogP contribution in [0.1, 0.15) is 54.2 Å². The molecular weight excluding hydrogens is 543 g/mol. The van der Waals surface area contributed by atoms with E-state index in [2.05, 4.69) is 20.3 Å². The van der Waals surface area contributed by atoms with E-state index in [0.717, 1.165) is 11.1 Å². The summed E-state index contributed by atoms with van der Waals surface area (Å²) in [6.45, 7) is 4.75. The van der Waals surface area contributed by atoms with Gasteiger partial charge in [-0.2, -0.15) is 13.2 Å². The van der Waals surface area contributed by atoms with E-state index in [1.807, 2.05) is 13.8 Å². The summed E-state index contributed by atoms with van der Waals surface area (Å²) in [5.41, 5.74) is -0.306. The number of hydrogen-bond acceptors (Lipinski definition) is 9. The Hall–Kier alpha value is -3.10. The summed E-state index contributed by atoms with van der Waals surface area (Å²) < 4.78 is 64.4. The topological polar surface area (TPSA) is 125 Å². The molecule has 38 heavy (non-hydrogen) atoms. The van der Waals surface area contributed by atoms with Crippen molar-refractivity contribution in [1.29, 1.82) is 0 Å². The zero-order valence-electron chi connectivity index (χ0n) is 20.8. The lowest BCUT2D eigenvalue weighted by molar-refractivity contribution is -0.142. The first-order valence-electron chi connectivity index (χ1n) is 11.8. The molecule has 0 saturated heterocycles. The minimum absolute atomic E-state index is 0.0140. The van der Waals surface area contributed by atoms with E-state index in [1.165, 1.54) is 23.5 Å². The third kappa shape index (κ3) is 5.66. The first-order valence-corrected chi connectivity index (χ1v) is 14.2. The number of anilines is 2. The Morgan fingerprint density at radius 2 is 1.92 bits per heavy atom. The highest BCUT2D eigenvalue weighted by atomic mass is 32.2. The molecule has 0 aliphatic carbocycles. The molecule has 1 atom stereocenters. The summed E-state index contributed by atoms with van der Waals surface area (Å²) in [5.74, 6) is -0.521. The molecule has 0 saturated carbocycles. The molecule has 0 spiro atoms. The second kappa shape index (κ2) is 10.6. The van der Waals surface area contributed by atoms with Crippen molar-refractivity contribution in [2.75, 3.05) is 16.0 Å². The van der Waals surface area contributed by atoms with Crippen LogP contribution in [0, 0.1) is 5.92 Å². The van der Waals surface area contributed by atoms with Gasteiger partial charge in [-0.05, 0) is 23.6 Å². The van der Waals surface area contributed by atoms with E-state index >= 15 is 0 Å². The van der Waals surface area contributed by atoms with E-state index < -0.39 is 39.9 Å². The fourth-order valence-corrected chi connectivity index (χ4v) is 6.16. The number of benzene rings is 1. The number of sulfone groups is 1. The molecule has 3 heterocycles. The van der Waals surface area contributed by atoms with Gasteiger partial charge in [-0.3, -0.25) is 4.79 Å². The van der Waals surface area contributed by atoms with Crippen LogP contribution in [0.25, 0.3) is 0 Å². The molecule has 1 aromatic carbocycles. The summed E-state index contributed by atoms with van der Waals surface area (Å²) in [4.78, 5) is 27.6. The van der Waals surface area contributed by atoms with Gasteiger partial charge in [0.2, 0.25) is 11.9 Å². The maximum Gasteiger partial charge on any atom is 0.433 e. The molecule has 14 heteroatoms. The molecule has 0 bridgehead atoms. The molecule has 2 aromatic heterocycles. The molecule has 0 radical (unpaired) electrons. The Bertz CT molecular complexity index is 1440. The standard InChI is InChI=1S/C24H26F3N5O4S2/c1-4-38(35,36)16-7-5-14(6-8-16)9-18(34)29-23-30-19-17(37-23)11-32(20(19)13(2)3)22-28-10-15(12-33)21(31-22)24(25,26)27/h5-8,10,13,20,33H,4,9,11-12H2,1-3H3,(H,29,30,34)/t20-/m0/s1. The third-order valence-electron chi connectivity index (χ3n) is 6.11. The van der Waals surface area contributed by atoms with E-state index in [0.29, 0.717) is 16.4 Å². The van der Waals surface area contributed by atoms with Gasteiger partial charge in [-0.15, -0.1) is 0 Å². The van der Waals surface area contributed by atoms with Crippen LogP contribution in [0.3, 0.4) is 0 Å². The number of nitrogens with one attached hydrogen (secondary N) is 1. The molecule has 1 aliphatic heterocycles. The summed E-state index contributed by atoms with van der Waals surface area (Å²) in [5, 5.41) is 12.4. The average Bonchev–Trinajstić information content (AvgIpc) is 3.40. The fourth-order valence-electron chi connectivity index (χ4n) is 4.26. The third-order valence-corrected chi connectivity index (χ3v) is 8.83. The first kappa shape index (κ1) is 27.9. The van der Waals surface area contributed by atoms with E-state index in [-0.39, 0.29) is 41.4 Å². The van der Waals surface area contributed by atoms with Crippen molar-refractivity contribution in [3.63, 3.8) is 0 Å². The van der Waals surface area contributed by atoms with Gasteiger partial charge in [-0.25, -0.2) is 23.4 Å². The van der Waals surface area contributed by atoms with Crippen molar-refractivity contribution >= 4 is 38.2 Å². The van der Waals surface area contributed by atoms with Gasteiger partial charge in [0.15, 0.2) is 20.7 Å². The van der Waals surface area contributed by atoms with Gasteiger partial charge in [0.05, 0.1) is 46.8 Å². The van der Waals surface area contributed by atoms with Crippen LogP contribution < -0.4 is 10.2 Å². The minimum atomic E-state index is -4.74. The van der Waals surface area contributed by atoms with Crippen LogP contribution >= 0.6 is 11.3 Å². The van der Waals surface area contributed by atoms with Crippen LogP contribution in [0.5, 0.6) is 0 Å². The lowest BCUT2D eigenvalue weighted by Gasteiger charge is -2.28. The summed E-state index contributed by atoms with van der Waals surface area (Å²) in [7, 11) is -3.33. The zero-order valence-corrected chi connectivity index (χ0v) is 22.4. The zero-order chi connectivity index (χ0) is 27.8. The number of rotatable bonds is 8. The van der Waals surface area contributed by atoms with Crippen LogP contribution in [-0.2, 0) is 40.4 Å². The molecule has 4 rings (SSSR count). The van der Waals surface area contributed by atoms with Gasteiger partial charge >= 0.3 is 6.18 Å². The number of aliphatic hydroxyl groups is 1. The second-order valence-corrected chi connectivity index (χ2v) is 12.5. The van der Waals surface area contributed by atoms with Crippen LogP contribution in [0.15, 0.2) is 35.4 Å². The number of carbonyl (C=O) groups excluding carboxylic acids is 1. The largest absolute Gasteiger partial charge is 0.433 e. The monoisotopic (exact) mass is 569 g/mol. The number of nitrogens with zero attached hydrogens (tertiary/aromatic N) is 4. The highest BCUT2D eigenvalue weighted by Gasteiger charge is 2.40. The fraction of sp³-hybridized carbons (Fsp3) is 0.417. The van der Waals surface area contributed by atoms with Gasteiger partial charge in [0.25, 0.3) is 0 Å². The summed E-state index contributed by atoms with van der Waals surface area (Å²) in [6, 6.07) is 5.71. The predicted octanol–water partition coefficient (Wildman–Crippen LogP) is 4.14. The number of carbonyl (C=O) groups is 1. The van der Waals surface area contributed by atoms with Crippen LogP contribution in [0.2, 0.25) is 0 Å². The number of halogens is 3. The molecule has 0 unspecified atom stereocenters. The molecule has 0 fully saturated rings. The van der Waals surface area contributed by atoms with E-state index in [9.17, 15) is 31.5 Å². The van der Waals surface area contributed by atoms with Gasteiger partial charge in [0.1, 0.15) is 0 Å². The molecule has 3 aromatic rings. The predicted molar refractivity (Wildman–Crippen MR) is 135 cm³/mol. The minimum Gasteiger partial charge on any atom is -0.392 e. The van der Waals surface area contributed by atoms with Crippen molar-refractivity contribution in [1.82, 2.24) is 15.0 Å². The molecular formula is C24H26F3N5O4S2. The summed E-state index contributed by atoms with van der Waals surface area (Å²) in [6.07, 6.45) is -3.74. The number of amides is 1. The van der Waals surface area contributed by atoms with E-state index in [4.69, 9.17) is 0 Å². The Morgan fingerprint density at radius 1 is 1.24 bits per heavy atom. The van der Waals surface area contributed by atoms with Crippen molar-refractivity contribution in [2.45, 2.75) is 57.5 Å². The maximum atomic E-state index is 13.5. The smallest absolute Gasteiger partial charge is 0.392 e. The average molecular weight is 570 g/mol. The van der Waals surface area contributed by atoms with Crippen molar-refractivity contribution in [3.8, 4) is 0 Å². The van der Waals surface area contributed by atoms with Crippen molar-refractivity contribution < 1.29 is 31.5 Å². The van der Waals surface area contributed by atoms with E-state index in [1.54, 1.807) is 24.0 Å². The highest BCUT2D eigenvalue weighted by Crippen LogP contribution is 2.44. The van der Waals surface area contributed by atoms with Gasteiger partial charge in [-0.1, -0.05) is 44.2 Å². The SMILES string of the molecule is CCS(=O)(=O)c1ccc(CC(=O)Nc2nc3c(s2)CN(c2ncc(CO)c(C(F)(F)F)n2)[C@H]3C(C)C)cc1. The molecule has 1 amide bonds. The number of aromatic nitrogens is 3. The lowest BCUT2D eigenvalue weighted by atomic mass is 10.0. The number of hydrogen-bond donors (Lipinski definition) is 2. The quantitative estimate of drug-likeness (QED) is 0.415. The Labute approximate surface area is 221 Å². The van der Waals surface area contributed by atoms with Crippen molar-refractivity contribution in [2.24, 2.45) is 5.92 Å². The molecule has 1 aliphatic rings. The molecule has 204 valence electrons.